The van der Waals surface area contributed by atoms with Gasteiger partial charge in [-0.1, -0.05) is 38.5 Å². The van der Waals surface area contributed by atoms with Gasteiger partial charge in [-0.05, 0) is 63.3 Å². The first-order valence-corrected chi connectivity index (χ1v) is 13.9. The Labute approximate surface area is 198 Å². The van der Waals surface area contributed by atoms with Gasteiger partial charge in [-0.15, -0.1) is 0 Å². The topological polar surface area (TPSA) is 86.8 Å². The van der Waals surface area contributed by atoms with E-state index in [2.05, 4.69) is 5.32 Å². The van der Waals surface area contributed by atoms with Crippen molar-refractivity contribution in [3.05, 3.63) is 23.8 Å². The largest absolute Gasteiger partial charge is 0.352 e. The normalized spacial score (nSPS) is 22.5. The maximum Gasteiger partial charge on any atom is 0.243 e. The van der Waals surface area contributed by atoms with E-state index in [9.17, 15) is 18.0 Å². The van der Waals surface area contributed by atoms with Crippen molar-refractivity contribution in [2.24, 2.45) is 0 Å². The first-order valence-electron chi connectivity index (χ1n) is 12.5. The summed E-state index contributed by atoms with van der Waals surface area (Å²) in [5.74, 6) is -0.319. The zero-order valence-electron chi connectivity index (χ0n) is 19.9. The van der Waals surface area contributed by atoms with E-state index in [4.69, 9.17) is 0 Å². The van der Waals surface area contributed by atoms with Gasteiger partial charge >= 0.3 is 0 Å². The van der Waals surface area contributed by atoms with Crippen molar-refractivity contribution in [1.82, 2.24) is 9.62 Å². The van der Waals surface area contributed by atoms with Crippen molar-refractivity contribution in [1.29, 1.82) is 0 Å². The molecule has 0 atom stereocenters. The van der Waals surface area contributed by atoms with E-state index in [0.29, 0.717) is 24.3 Å². The van der Waals surface area contributed by atoms with Gasteiger partial charge in [0.25, 0.3) is 0 Å². The number of hydrogen-bond donors (Lipinski definition) is 1. The molecule has 182 valence electrons. The van der Waals surface area contributed by atoms with Crippen LogP contribution in [0.15, 0.2) is 23.1 Å². The van der Waals surface area contributed by atoms with Crippen LogP contribution in [0.2, 0.25) is 0 Å². The average Bonchev–Trinajstić information content (AvgIpc) is 2.96. The van der Waals surface area contributed by atoms with Crippen molar-refractivity contribution >= 4 is 27.5 Å². The summed E-state index contributed by atoms with van der Waals surface area (Å²) >= 11 is 0. The Hall–Kier alpha value is -1.93. The first-order chi connectivity index (χ1) is 15.7. The van der Waals surface area contributed by atoms with Gasteiger partial charge < -0.3 is 10.2 Å². The second-order valence-electron chi connectivity index (χ2n) is 10.3. The van der Waals surface area contributed by atoms with Gasteiger partial charge in [0.2, 0.25) is 21.8 Å². The Bertz CT molecular complexity index is 991. The number of anilines is 1. The van der Waals surface area contributed by atoms with Crippen molar-refractivity contribution in [3.63, 3.8) is 0 Å². The van der Waals surface area contributed by atoms with E-state index in [1.54, 1.807) is 36.4 Å². The number of nitrogens with zero attached hydrogens (tertiary/aromatic N) is 2. The zero-order chi connectivity index (χ0) is 23.6. The minimum Gasteiger partial charge on any atom is -0.352 e. The third-order valence-electron chi connectivity index (χ3n) is 7.44. The number of sulfonamides is 1. The highest BCUT2D eigenvalue weighted by atomic mass is 32.2. The molecule has 3 aliphatic rings. The van der Waals surface area contributed by atoms with Crippen LogP contribution in [0.25, 0.3) is 0 Å². The summed E-state index contributed by atoms with van der Waals surface area (Å²) in [4.78, 5) is 27.9. The maximum absolute atomic E-state index is 13.3. The Kier molecular flexibility index (Phi) is 7.15. The molecule has 0 radical (unpaired) electrons. The van der Waals surface area contributed by atoms with Crippen molar-refractivity contribution in [3.8, 4) is 0 Å². The lowest BCUT2D eigenvalue weighted by molar-refractivity contribution is -0.126. The molecule has 1 aromatic rings. The molecule has 2 fully saturated rings. The third kappa shape index (κ3) is 4.97. The number of piperidine rings is 1. The van der Waals surface area contributed by atoms with E-state index < -0.39 is 15.4 Å². The molecule has 7 nitrogen and oxygen atoms in total. The molecule has 1 aliphatic carbocycles. The highest BCUT2D eigenvalue weighted by molar-refractivity contribution is 7.89. The van der Waals surface area contributed by atoms with Gasteiger partial charge in [0.15, 0.2) is 0 Å². The van der Waals surface area contributed by atoms with Crippen LogP contribution in [0, 0.1) is 0 Å². The first kappa shape index (κ1) is 24.2. The molecule has 1 N–H and O–H groups in total. The van der Waals surface area contributed by atoms with Crippen LogP contribution in [0.3, 0.4) is 0 Å². The number of nitrogens with one attached hydrogen (secondary N) is 1. The summed E-state index contributed by atoms with van der Waals surface area (Å²) in [6.07, 6.45) is 10.7. The lowest BCUT2D eigenvalue weighted by atomic mass is 9.86. The number of carbonyl (C=O) groups is 2. The van der Waals surface area contributed by atoms with E-state index in [0.717, 1.165) is 44.9 Å². The van der Waals surface area contributed by atoms with Crippen molar-refractivity contribution in [2.45, 2.75) is 94.4 Å². The molecule has 0 unspecified atom stereocenters. The molecule has 2 aliphatic heterocycles. The van der Waals surface area contributed by atoms with Crippen molar-refractivity contribution < 1.29 is 18.0 Å². The highest BCUT2D eigenvalue weighted by Crippen LogP contribution is 2.42. The Morgan fingerprint density at radius 2 is 1.61 bits per heavy atom. The summed E-state index contributed by atoms with van der Waals surface area (Å²) in [5, 5.41) is 3.14. The van der Waals surface area contributed by atoms with Gasteiger partial charge in [-0.25, -0.2) is 8.42 Å². The summed E-state index contributed by atoms with van der Waals surface area (Å²) in [6, 6.07) is 5.09. The highest BCUT2D eigenvalue weighted by Gasteiger charge is 2.45. The molecule has 4 rings (SSSR count). The van der Waals surface area contributed by atoms with Gasteiger partial charge in [-0.3, -0.25) is 9.59 Å². The lowest BCUT2D eigenvalue weighted by Crippen LogP contribution is -2.45. The van der Waals surface area contributed by atoms with Crippen LogP contribution in [-0.4, -0.2) is 50.2 Å². The Balaban J connectivity index is 1.53. The number of rotatable bonds is 5. The quantitative estimate of drug-likeness (QED) is 0.703. The average molecular weight is 476 g/mol. The second-order valence-corrected chi connectivity index (χ2v) is 12.2. The molecule has 2 heterocycles. The van der Waals surface area contributed by atoms with E-state index in [-0.39, 0.29) is 29.3 Å². The van der Waals surface area contributed by atoms with Gasteiger partial charge in [0.05, 0.1) is 10.3 Å². The predicted molar refractivity (Wildman–Crippen MR) is 129 cm³/mol. The van der Waals surface area contributed by atoms with E-state index in [1.807, 2.05) is 0 Å². The fraction of sp³-hybridized carbons (Fsp3) is 0.680. The number of fused-ring (bicyclic) bond motifs is 1. The zero-order valence-corrected chi connectivity index (χ0v) is 20.8. The number of hydrogen-bond acceptors (Lipinski definition) is 4. The monoisotopic (exact) mass is 475 g/mol. The van der Waals surface area contributed by atoms with Gasteiger partial charge in [0.1, 0.15) is 6.54 Å². The molecule has 0 aromatic heterocycles. The smallest absolute Gasteiger partial charge is 0.243 e. The van der Waals surface area contributed by atoms with E-state index >= 15 is 0 Å². The minimum atomic E-state index is -3.59. The molecule has 1 saturated carbocycles. The predicted octanol–water partition coefficient (Wildman–Crippen LogP) is 3.71. The number of amides is 2. The summed E-state index contributed by atoms with van der Waals surface area (Å²) < 4.78 is 27.9. The Morgan fingerprint density at radius 3 is 2.27 bits per heavy atom. The van der Waals surface area contributed by atoms with Crippen LogP contribution in [-0.2, 0) is 25.0 Å². The summed E-state index contributed by atoms with van der Waals surface area (Å²) in [5.41, 5.74) is 0.420. The molecular formula is C25H37N3O4S. The van der Waals surface area contributed by atoms with Crippen LogP contribution >= 0.6 is 0 Å². The van der Waals surface area contributed by atoms with Gasteiger partial charge in [0, 0.05) is 24.8 Å². The fourth-order valence-corrected chi connectivity index (χ4v) is 6.95. The van der Waals surface area contributed by atoms with Crippen LogP contribution in [0.5, 0.6) is 0 Å². The molecule has 1 saturated heterocycles. The maximum atomic E-state index is 13.3. The molecular weight excluding hydrogens is 438 g/mol. The third-order valence-corrected chi connectivity index (χ3v) is 9.33. The Morgan fingerprint density at radius 1 is 1.00 bits per heavy atom. The molecule has 8 heteroatoms. The van der Waals surface area contributed by atoms with Gasteiger partial charge in [-0.2, -0.15) is 4.31 Å². The SMILES string of the molecule is CC1(C)C(=O)N(CC(=O)NC2CCCCCCC2)c2ccc(S(=O)(=O)N3CCCCC3)cc21. The van der Waals surface area contributed by atoms with Crippen LogP contribution < -0.4 is 10.2 Å². The number of carbonyl (C=O) groups excluding carboxylic acids is 2. The summed E-state index contributed by atoms with van der Waals surface area (Å²) in [6.45, 7) is 4.64. The minimum absolute atomic E-state index is 0.0377. The molecule has 0 bridgehead atoms. The summed E-state index contributed by atoms with van der Waals surface area (Å²) in [7, 11) is -3.59. The molecule has 0 spiro atoms. The second kappa shape index (κ2) is 9.74. The fourth-order valence-electron chi connectivity index (χ4n) is 5.40. The van der Waals surface area contributed by atoms with E-state index in [1.165, 1.54) is 24.2 Å². The molecule has 1 aromatic carbocycles. The number of benzene rings is 1. The standard InChI is InChI=1S/C25H37N3O4S/c1-25(2)21-17-20(33(31,32)27-15-9-6-10-16-27)13-14-22(21)28(24(25)30)18-23(29)26-19-11-7-4-3-5-8-12-19/h13-14,17,19H,3-12,15-16,18H2,1-2H3,(H,26,29). The van der Waals surface area contributed by atoms with Crippen LogP contribution in [0.1, 0.15) is 83.6 Å². The lowest BCUT2D eigenvalue weighted by Gasteiger charge is -2.26. The van der Waals surface area contributed by atoms with Crippen molar-refractivity contribution in [2.75, 3.05) is 24.5 Å². The molecule has 2 amide bonds. The van der Waals surface area contributed by atoms with Crippen LogP contribution in [0.4, 0.5) is 5.69 Å². The molecule has 33 heavy (non-hydrogen) atoms.